The number of ether oxygens (including phenoxy) is 2. The average Bonchev–Trinajstić information content (AvgIpc) is 2.82. The standard InChI is InChI=1S/C26H35BrN2O4/c1-6-18(4)28-26(31)23(8-3)29(16-20-10-9-11-21(14-20)32-5)25(30)17-33-24-13-12-19(7-2)15-22(24)27/h9-15,18,23H,6-8,16-17H2,1-5H3,(H,28,31). The van der Waals surface area contributed by atoms with Crippen molar-refractivity contribution < 1.29 is 19.1 Å². The van der Waals surface area contributed by atoms with Gasteiger partial charge in [-0.1, -0.05) is 39.0 Å². The lowest BCUT2D eigenvalue weighted by Crippen LogP contribution is -2.51. The number of methoxy groups -OCH3 is 1. The Morgan fingerprint density at radius 3 is 2.42 bits per heavy atom. The fourth-order valence-electron chi connectivity index (χ4n) is 3.43. The Bertz CT molecular complexity index is 934. The summed E-state index contributed by atoms with van der Waals surface area (Å²) in [5.41, 5.74) is 2.05. The number of nitrogens with zero attached hydrogens (tertiary/aromatic N) is 1. The maximum Gasteiger partial charge on any atom is 0.261 e. The van der Waals surface area contributed by atoms with Crippen LogP contribution < -0.4 is 14.8 Å². The minimum atomic E-state index is -0.604. The van der Waals surface area contributed by atoms with Crippen LogP contribution >= 0.6 is 15.9 Å². The zero-order valence-electron chi connectivity index (χ0n) is 20.2. The molecule has 0 radical (unpaired) electrons. The zero-order chi connectivity index (χ0) is 24.4. The van der Waals surface area contributed by atoms with E-state index in [2.05, 4.69) is 28.2 Å². The largest absolute Gasteiger partial charge is 0.497 e. The third-order valence-corrected chi connectivity index (χ3v) is 6.25. The van der Waals surface area contributed by atoms with Crippen molar-refractivity contribution in [2.45, 2.75) is 65.6 Å². The van der Waals surface area contributed by atoms with Gasteiger partial charge in [-0.05, 0) is 77.5 Å². The lowest BCUT2D eigenvalue weighted by Gasteiger charge is -2.31. The fourth-order valence-corrected chi connectivity index (χ4v) is 3.97. The van der Waals surface area contributed by atoms with E-state index < -0.39 is 6.04 Å². The third kappa shape index (κ3) is 7.77. The molecule has 2 aromatic rings. The normalized spacial score (nSPS) is 12.5. The smallest absolute Gasteiger partial charge is 0.261 e. The number of rotatable bonds is 12. The molecule has 0 aromatic heterocycles. The molecule has 0 aliphatic rings. The molecule has 2 aromatic carbocycles. The van der Waals surface area contributed by atoms with E-state index in [0.717, 1.165) is 22.9 Å². The fraction of sp³-hybridized carbons (Fsp3) is 0.462. The molecule has 0 saturated carbocycles. The Kier molecular flexibility index (Phi) is 10.7. The van der Waals surface area contributed by atoms with Crippen molar-refractivity contribution in [1.82, 2.24) is 10.2 Å². The number of carbonyl (C=O) groups excluding carboxylic acids is 2. The summed E-state index contributed by atoms with van der Waals surface area (Å²) < 4.78 is 12.0. The van der Waals surface area contributed by atoms with Gasteiger partial charge in [0.25, 0.3) is 5.91 Å². The Labute approximate surface area is 205 Å². The first-order chi connectivity index (χ1) is 15.8. The van der Waals surface area contributed by atoms with Gasteiger partial charge in [-0.2, -0.15) is 0 Å². The number of amides is 2. The van der Waals surface area contributed by atoms with Gasteiger partial charge in [-0.15, -0.1) is 0 Å². The minimum Gasteiger partial charge on any atom is -0.497 e. The quantitative estimate of drug-likeness (QED) is 0.423. The van der Waals surface area contributed by atoms with Crippen LogP contribution in [-0.4, -0.2) is 42.5 Å². The number of aryl methyl sites for hydroxylation is 1. The molecule has 0 aliphatic heterocycles. The second kappa shape index (κ2) is 13.2. The Morgan fingerprint density at radius 1 is 1.06 bits per heavy atom. The second-order valence-electron chi connectivity index (χ2n) is 8.02. The molecule has 0 saturated heterocycles. The van der Waals surface area contributed by atoms with Gasteiger partial charge in [0.1, 0.15) is 17.5 Å². The van der Waals surface area contributed by atoms with Gasteiger partial charge in [-0.3, -0.25) is 9.59 Å². The highest BCUT2D eigenvalue weighted by Gasteiger charge is 2.29. The van der Waals surface area contributed by atoms with Crippen molar-refractivity contribution in [2.75, 3.05) is 13.7 Å². The highest BCUT2D eigenvalue weighted by Crippen LogP contribution is 2.26. The number of carbonyl (C=O) groups is 2. The molecule has 2 atom stereocenters. The van der Waals surface area contributed by atoms with Crippen LogP contribution in [-0.2, 0) is 22.6 Å². The maximum absolute atomic E-state index is 13.3. The molecule has 2 rings (SSSR count). The second-order valence-corrected chi connectivity index (χ2v) is 8.88. The van der Waals surface area contributed by atoms with E-state index in [4.69, 9.17) is 9.47 Å². The SMILES string of the molecule is CCc1ccc(OCC(=O)N(Cc2cccc(OC)c2)C(CC)C(=O)NC(C)CC)c(Br)c1. The lowest BCUT2D eigenvalue weighted by molar-refractivity contribution is -0.143. The molecule has 7 heteroatoms. The minimum absolute atomic E-state index is 0.0320. The van der Waals surface area contributed by atoms with E-state index in [0.29, 0.717) is 17.9 Å². The molecule has 180 valence electrons. The molecular weight excluding hydrogens is 484 g/mol. The van der Waals surface area contributed by atoms with Crippen LogP contribution in [0.5, 0.6) is 11.5 Å². The Morgan fingerprint density at radius 2 is 1.82 bits per heavy atom. The van der Waals surface area contributed by atoms with Crippen LogP contribution in [0.25, 0.3) is 0 Å². The first kappa shape index (κ1) is 26.7. The predicted octanol–water partition coefficient (Wildman–Crippen LogP) is 5.12. The molecule has 2 unspecified atom stereocenters. The summed E-state index contributed by atoms with van der Waals surface area (Å²) in [5.74, 6) is 0.888. The topological polar surface area (TPSA) is 67.9 Å². The summed E-state index contributed by atoms with van der Waals surface area (Å²) in [6, 6.07) is 12.8. The van der Waals surface area contributed by atoms with Crippen molar-refractivity contribution in [3.63, 3.8) is 0 Å². The zero-order valence-corrected chi connectivity index (χ0v) is 21.8. The van der Waals surface area contributed by atoms with E-state index in [1.165, 1.54) is 5.56 Å². The first-order valence-electron chi connectivity index (χ1n) is 11.5. The predicted molar refractivity (Wildman–Crippen MR) is 135 cm³/mol. The number of hydrogen-bond acceptors (Lipinski definition) is 4. The van der Waals surface area contributed by atoms with E-state index in [-0.39, 0.29) is 31.0 Å². The molecule has 0 bridgehead atoms. The number of benzene rings is 2. The molecule has 0 heterocycles. The van der Waals surface area contributed by atoms with Gasteiger partial charge in [0.2, 0.25) is 5.91 Å². The molecule has 2 amide bonds. The number of halogens is 1. The molecule has 6 nitrogen and oxygen atoms in total. The Hall–Kier alpha value is -2.54. The van der Waals surface area contributed by atoms with Crippen LogP contribution in [0.2, 0.25) is 0 Å². The molecule has 1 N–H and O–H groups in total. The summed E-state index contributed by atoms with van der Waals surface area (Å²) in [5, 5.41) is 3.01. The van der Waals surface area contributed by atoms with Crippen LogP contribution in [0, 0.1) is 0 Å². The molecule has 0 aliphatic carbocycles. The summed E-state index contributed by atoms with van der Waals surface area (Å²) >= 11 is 3.52. The third-order valence-electron chi connectivity index (χ3n) is 5.63. The monoisotopic (exact) mass is 518 g/mol. The molecule has 33 heavy (non-hydrogen) atoms. The van der Waals surface area contributed by atoms with Crippen LogP contribution in [0.4, 0.5) is 0 Å². The Balaban J connectivity index is 2.25. The lowest BCUT2D eigenvalue weighted by atomic mass is 10.1. The van der Waals surface area contributed by atoms with Crippen molar-refractivity contribution >= 4 is 27.7 Å². The van der Waals surface area contributed by atoms with E-state index in [1.54, 1.807) is 12.0 Å². The van der Waals surface area contributed by atoms with E-state index in [9.17, 15) is 9.59 Å². The highest BCUT2D eigenvalue weighted by atomic mass is 79.9. The van der Waals surface area contributed by atoms with Crippen LogP contribution in [0.3, 0.4) is 0 Å². The summed E-state index contributed by atoms with van der Waals surface area (Å²) in [6.45, 7) is 8.08. The molecule has 0 fully saturated rings. The van der Waals surface area contributed by atoms with Crippen LogP contribution in [0.15, 0.2) is 46.9 Å². The summed E-state index contributed by atoms with van der Waals surface area (Å²) in [7, 11) is 1.60. The highest BCUT2D eigenvalue weighted by molar-refractivity contribution is 9.10. The summed E-state index contributed by atoms with van der Waals surface area (Å²) in [6.07, 6.45) is 2.22. The number of nitrogens with one attached hydrogen (secondary N) is 1. The van der Waals surface area contributed by atoms with Crippen molar-refractivity contribution in [2.24, 2.45) is 0 Å². The summed E-state index contributed by atoms with van der Waals surface area (Å²) in [4.78, 5) is 28.0. The van der Waals surface area contributed by atoms with Crippen molar-refractivity contribution in [1.29, 1.82) is 0 Å². The van der Waals surface area contributed by atoms with Gasteiger partial charge in [0.05, 0.1) is 11.6 Å². The van der Waals surface area contributed by atoms with E-state index >= 15 is 0 Å². The number of hydrogen-bond donors (Lipinski definition) is 1. The first-order valence-corrected chi connectivity index (χ1v) is 12.3. The van der Waals surface area contributed by atoms with E-state index in [1.807, 2.05) is 63.2 Å². The van der Waals surface area contributed by atoms with Crippen molar-refractivity contribution in [3.8, 4) is 11.5 Å². The van der Waals surface area contributed by atoms with Gasteiger partial charge in [-0.25, -0.2) is 0 Å². The molecule has 0 spiro atoms. The van der Waals surface area contributed by atoms with Crippen molar-refractivity contribution in [3.05, 3.63) is 58.1 Å². The average molecular weight is 519 g/mol. The van der Waals surface area contributed by atoms with Gasteiger partial charge in [0.15, 0.2) is 6.61 Å². The van der Waals surface area contributed by atoms with Gasteiger partial charge >= 0.3 is 0 Å². The maximum atomic E-state index is 13.3. The van der Waals surface area contributed by atoms with Gasteiger partial charge < -0.3 is 19.7 Å². The van der Waals surface area contributed by atoms with Crippen LogP contribution in [0.1, 0.15) is 51.7 Å². The molecular formula is C26H35BrN2O4. The van der Waals surface area contributed by atoms with Gasteiger partial charge in [0, 0.05) is 12.6 Å².